The third-order valence-electron chi connectivity index (χ3n) is 3.65. The summed E-state index contributed by atoms with van der Waals surface area (Å²) in [6.07, 6.45) is 0.0289. The summed E-state index contributed by atoms with van der Waals surface area (Å²) in [4.78, 5) is 16.0. The molecule has 1 aromatic rings. The van der Waals surface area contributed by atoms with E-state index in [1.54, 1.807) is 17.0 Å². The van der Waals surface area contributed by atoms with Crippen LogP contribution in [-0.2, 0) is 9.53 Å². The summed E-state index contributed by atoms with van der Waals surface area (Å²) in [6, 6.07) is 5.36. The van der Waals surface area contributed by atoms with E-state index in [0.29, 0.717) is 24.6 Å². The number of amides is 1. The number of carbonyl (C=O) groups excluding carboxylic acids is 1. The van der Waals surface area contributed by atoms with Crippen molar-refractivity contribution in [3.05, 3.63) is 18.2 Å². The maximum atomic E-state index is 12.1. The molecule has 2 aliphatic heterocycles. The number of hydrogen-bond donors (Lipinski definition) is 1. The predicted octanol–water partition coefficient (Wildman–Crippen LogP) is 0.325. The first-order valence-electron chi connectivity index (χ1n) is 6.76. The average molecular weight is 277 g/mol. The molecule has 1 aromatic carbocycles. The van der Waals surface area contributed by atoms with Crippen LogP contribution in [0.1, 0.15) is 0 Å². The van der Waals surface area contributed by atoms with E-state index in [2.05, 4.69) is 11.9 Å². The van der Waals surface area contributed by atoms with Gasteiger partial charge in [-0.3, -0.25) is 4.79 Å². The molecule has 2 aliphatic rings. The van der Waals surface area contributed by atoms with Gasteiger partial charge in [-0.05, 0) is 19.2 Å². The van der Waals surface area contributed by atoms with Crippen LogP contribution in [0.25, 0.3) is 0 Å². The first-order chi connectivity index (χ1) is 9.63. The second-order valence-electron chi connectivity index (χ2n) is 5.28. The smallest absolute Gasteiger partial charge is 0.265 e. The van der Waals surface area contributed by atoms with E-state index < -0.39 is 0 Å². The third-order valence-corrected chi connectivity index (χ3v) is 3.65. The van der Waals surface area contributed by atoms with Crippen LogP contribution in [0, 0.1) is 0 Å². The molecule has 6 nitrogen and oxygen atoms in total. The van der Waals surface area contributed by atoms with Crippen LogP contribution >= 0.6 is 0 Å². The first kappa shape index (κ1) is 13.2. The van der Waals surface area contributed by atoms with Crippen LogP contribution in [-0.4, -0.2) is 56.8 Å². The lowest BCUT2D eigenvalue weighted by atomic mass is 10.2. The topological polar surface area (TPSA) is 68.0 Å². The van der Waals surface area contributed by atoms with Crippen LogP contribution < -0.4 is 15.4 Å². The lowest BCUT2D eigenvalue weighted by Crippen LogP contribution is -2.49. The van der Waals surface area contributed by atoms with E-state index in [0.717, 1.165) is 18.8 Å². The summed E-state index contributed by atoms with van der Waals surface area (Å²) in [5, 5.41) is 0. The predicted molar refractivity (Wildman–Crippen MR) is 75.9 cm³/mol. The fraction of sp³-hybridized carbons (Fsp3) is 0.500. The van der Waals surface area contributed by atoms with E-state index in [1.807, 2.05) is 6.07 Å². The number of nitrogens with zero attached hydrogens (tertiary/aromatic N) is 2. The number of rotatable bonds is 2. The zero-order valence-corrected chi connectivity index (χ0v) is 11.5. The van der Waals surface area contributed by atoms with Gasteiger partial charge in [-0.15, -0.1) is 0 Å². The van der Waals surface area contributed by atoms with E-state index >= 15 is 0 Å². The van der Waals surface area contributed by atoms with Crippen molar-refractivity contribution in [2.24, 2.45) is 0 Å². The number of fused-ring (bicyclic) bond motifs is 1. The number of hydrogen-bond acceptors (Lipinski definition) is 5. The van der Waals surface area contributed by atoms with E-state index in [9.17, 15) is 4.79 Å². The Morgan fingerprint density at radius 1 is 1.45 bits per heavy atom. The highest BCUT2D eigenvalue weighted by atomic mass is 16.5. The zero-order valence-electron chi connectivity index (χ0n) is 11.5. The van der Waals surface area contributed by atoms with Gasteiger partial charge in [-0.25, -0.2) is 0 Å². The van der Waals surface area contributed by atoms with Crippen molar-refractivity contribution in [3.63, 3.8) is 0 Å². The molecule has 0 bridgehead atoms. The van der Waals surface area contributed by atoms with Crippen LogP contribution in [0.5, 0.6) is 5.75 Å². The van der Waals surface area contributed by atoms with Gasteiger partial charge in [0.2, 0.25) is 0 Å². The molecule has 20 heavy (non-hydrogen) atoms. The number of carbonyl (C=O) groups is 1. The Morgan fingerprint density at radius 2 is 2.30 bits per heavy atom. The number of morpholine rings is 1. The highest BCUT2D eigenvalue weighted by molar-refractivity contribution is 5.98. The largest absolute Gasteiger partial charge is 0.481 e. The van der Waals surface area contributed by atoms with Gasteiger partial charge in [-0.2, -0.15) is 0 Å². The number of anilines is 2. The van der Waals surface area contributed by atoms with E-state index in [1.165, 1.54) is 0 Å². The fourth-order valence-corrected chi connectivity index (χ4v) is 2.60. The molecule has 0 spiro atoms. The Balaban J connectivity index is 1.80. The fourth-order valence-electron chi connectivity index (χ4n) is 2.60. The second-order valence-corrected chi connectivity index (χ2v) is 5.28. The molecule has 0 aliphatic carbocycles. The summed E-state index contributed by atoms with van der Waals surface area (Å²) >= 11 is 0. The molecule has 1 fully saturated rings. The van der Waals surface area contributed by atoms with Crippen molar-refractivity contribution in [2.75, 3.05) is 50.5 Å². The molecule has 0 aromatic heterocycles. The minimum atomic E-state index is -0.0425. The lowest BCUT2D eigenvalue weighted by Gasteiger charge is -2.36. The van der Waals surface area contributed by atoms with Gasteiger partial charge < -0.3 is 25.0 Å². The van der Waals surface area contributed by atoms with Crippen molar-refractivity contribution in [1.82, 2.24) is 4.90 Å². The van der Waals surface area contributed by atoms with Crippen molar-refractivity contribution >= 4 is 17.3 Å². The molecule has 1 atom stereocenters. The molecule has 6 heteroatoms. The molecule has 1 saturated heterocycles. The minimum absolute atomic E-state index is 0.0289. The standard InChI is InChI=1S/C14H19N3O3/c1-16-4-5-19-11(7-16)8-17-12-3-2-10(15)6-13(12)20-9-14(17)18/h2-3,6,11H,4-5,7-9,15H2,1H3. The molecule has 2 heterocycles. The van der Waals surface area contributed by atoms with Gasteiger partial charge in [0, 0.05) is 24.8 Å². The molecule has 1 amide bonds. The number of likely N-dealkylation sites (N-methyl/N-ethyl adjacent to an activating group) is 1. The van der Waals surface area contributed by atoms with Gasteiger partial charge in [0.1, 0.15) is 5.75 Å². The highest BCUT2D eigenvalue weighted by Gasteiger charge is 2.29. The molecular formula is C14H19N3O3. The summed E-state index contributed by atoms with van der Waals surface area (Å²) in [6.45, 7) is 3.06. The quantitative estimate of drug-likeness (QED) is 0.789. The Hall–Kier alpha value is -1.79. The van der Waals surface area contributed by atoms with Gasteiger partial charge in [0.05, 0.1) is 24.9 Å². The number of nitrogen functional groups attached to an aromatic ring is 1. The summed E-state index contributed by atoms with van der Waals surface area (Å²) < 4.78 is 11.2. The molecule has 0 radical (unpaired) electrons. The Kier molecular flexibility index (Phi) is 3.50. The van der Waals surface area contributed by atoms with Crippen molar-refractivity contribution in [3.8, 4) is 5.75 Å². The monoisotopic (exact) mass is 277 g/mol. The van der Waals surface area contributed by atoms with E-state index in [-0.39, 0.29) is 18.6 Å². The summed E-state index contributed by atoms with van der Waals surface area (Å²) in [5.41, 5.74) is 7.15. The second kappa shape index (κ2) is 5.30. The van der Waals surface area contributed by atoms with Gasteiger partial charge in [-0.1, -0.05) is 0 Å². The molecular weight excluding hydrogens is 258 g/mol. The minimum Gasteiger partial charge on any atom is -0.481 e. The first-order valence-corrected chi connectivity index (χ1v) is 6.76. The maximum absolute atomic E-state index is 12.1. The number of ether oxygens (including phenoxy) is 2. The van der Waals surface area contributed by atoms with Crippen molar-refractivity contribution in [1.29, 1.82) is 0 Å². The molecule has 1 unspecified atom stereocenters. The lowest BCUT2D eigenvalue weighted by molar-refractivity contribution is -0.122. The van der Waals surface area contributed by atoms with Crippen LogP contribution in [0.15, 0.2) is 18.2 Å². The van der Waals surface area contributed by atoms with Gasteiger partial charge in [0.15, 0.2) is 6.61 Å². The average Bonchev–Trinajstić information content (AvgIpc) is 2.42. The summed E-state index contributed by atoms with van der Waals surface area (Å²) in [7, 11) is 2.06. The van der Waals surface area contributed by atoms with Gasteiger partial charge >= 0.3 is 0 Å². The maximum Gasteiger partial charge on any atom is 0.265 e. The van der Waals surface area contributed by atoms with Crippen molar-refractivity contribution < 1.29 is 14.3 Å². The molecule has 3 rings (SSSR count). The van der Waals surface area contributed by atoms with Crippen LogP contribution in [0.2, 0.25) is 0 Å². The van der Waals surface area contributed by atoms with Crippen molar-refractivity contribution in [2.45, 2.75) is 6.10 Å². The number of benzene rings is 1. The Morgan fingerprint density at radius 3 is 3.10 bits per heavy atom. The highest BCUT2D eigenvalue weighted by Crippen LogP contribution is 2.34. The third kappa shape index (κ3) is 2.57. The van der Waals surface area contributed by atoms with E-state index in [4.69, 9.17) is 15.2 Å². The molecule has 108 valence electrons. The van der Waals surface area contributed by atoms with Gasteiger partial charge in [0.25, 0.3) is 5.91 Å². The zero-order chi connectivity index (χ0) is 14.1. The Bertz CT molecular complexity index is 520. The normalized spacial score (nSPS) is 23.4. The molecule has 2 N–H and O–H groups in total. The molecule has 0 saturated carbocycles. The Labute approximate surface area is 118 Å². The van der Waals surface area contributed by atoms with Crippen LogP contribution in [0.4, 0.5) is 11.4 Å². The SMILES string of the molecule is CN1CCOC(CN2C(=O)COc3cc(N)ccc32)C1. The van der Waals surface area contributed by atoms with Crippen LogP contribution in [0.3, 0.4) is 0 Å². The number of nitrogens with two attached hydrogens (primary N) is 1. The summed E-state index contributed by atoms with van der Waals surface area (Å²) in [5.74, 6) is 0.618.